The Morgan fingerprint density at radius 1 is 1.18 bits per heavy atom. The molecule has 1 heterocycles. The SMILES string of the molecule is Cc1cc(C)cc(OCc2nnc(SCC(=O)Nc3cccc(Cl)c3)n2C)c1. The van der Waals surface area contributed by atoms with Crippen LogP contribution in [0.25, 0.3) is 0 Å². The molecular formula is C20H21ClN4O2S. The minimum atomic E-state index is -0.136. The highest BCUT2D eigenvalue weighted by atomic mass is 35.5. The predicted octanol–water partition coefficient (Wildman–Crippen LogP) is 4.40. The number of aromatic nitrogens is 3. The molecule has 8 heteroatoms. The van der Waals surface area contributed by atoms with E-state index in [-0.39, 0.29) is 11.7 Å². The molecule has 0 fully saturated rings. The first kappa shape index (κ1) is 20.2. The molecule has 2 aromatic carbocycles. The van der Waals surface area contributed by atoms with Gasteiger partial charge in [-0.2, -0.15) is 0 Å². The molecule has 28 heavy (non-hydrogen) atoms. The Balaban J connectivity index is 1.54. The van der Waals surface area contributed by atoms with Gasteiger partial charge in [0.25, 0.3) is 0 Å². The molecule has 0 aliphatic carbocycles. The van der Waals surface area contributed by atoms with E-state index >= 15 is 0 Å². The smallest absolute Gasteiger partial charge is 0.234 e. The Kier molecular flexibility index (Phi) is 6.59. The minimum absolute atomic E-state index is 0.136. The molecule has 0 bridgehead atoms. The largest absolute Gasteiger partial charge is 0.486 e. The minimum Gasteiger partial charge on any atom is -0.486 e. The van der Waals surface area contributed by atoms with Crippen molar-refractivity contribution in [1.29, 1.82) is 0 Å². The highest BCUT2D eigenvalue weighted by Crippen LogP contribution is 2.20. The number of hydrogen-bond donors (Lipinski definition) is 1. The van der Waals surface area contributed by atoms with E-state index in [4.69, 9.17) is 16.3 Å². The Hall–Kier alpha value is -2.51. The van der Waals surface area contributed by atoms with Crippen LogP contribution in [0.2, 0.25) is 5.02 Å². The number of hydrogen-bond acceptors (Lipinski definition) is 5. The Morgan fingerprint density at radius 2 is 1.93 bits per heavy atom. The molecule has 1 N–H and O–H groups in total. The zero-order valence-electron chi connectivity index (χ0n) is 15.9. The van der Waals surface area contributed by atoms with Gasteiger partial charge < -0.3 is 14.6 Å². The molecule has 0 spiro atoms. The van der Waals surface area contributed by atoms with E-state index in [0.29, 0.717) is 28.3 Å². The van der Waals surface area contributed by atoms with E-state index in [1.165, 1.54) is 11.8 Å². The van der Waals surface area contributed by atoms with Gasteiger partial charge in [-0.1, -0.05) is 35.5 Å². The number of rotatable bonds is 7. The number of carbonyl (C=O) groups is 1. The molecule has 0 aliphatic rings. The number of amides is 1. The molecule has 3 aromatic rings. The van der Waals surface area contributed by atoms with Crippen molar-refractivity contribution in [3.8, 4) is 5.75 Å². The molecule has 146 valence electrons. The fourth-order valence-corrected chi connectivity index (χ4v) is 3.57. The van der Waals surface area contributed by atoms with Gasteiger partial charge in [-0.05, 0) is 55.3 Å². The van der Waals surface area contributed by atoms with E-state index in [0.717, 1.165) is 16.9 Å². The van der Waals surface area contributed by atoms with Crippen molar-refractivity contribution in [2.45, 2.75) is 25.6 Å². The summed E-state index contributed by atoms with van der Waals surface area (Å²) < 4.78 is 7.67. The van der Waals surface area contributed by atoms with E-state index in [1.54, 1.807) is 24.3 Å². The van der Waals surface area contributed by atoms with Gasteiger partial charge >= 0.3 is 0 Å². The lowest BCUT2D eigenvalue weighted by Crippen LogP contribution is -2.14. The molecule has 0 unspecified atom stereocenters. The summed E-state index contributed by atoms with van der Waals surface area (Å²) in [5.41, 5.74) is 2.96. The van der Waals surface area contributed by atoms with E-state index in [9.17, 15) is 4.79 Å². The molecular weight excluding hydrogens is 396 g/mol. The van der Waals surface area contributed by atoms with Crippen LogP contribution in [0.3, 0.4) is 0 Å². The second-order valence-electron chi connectivity index (χ2n) is 6.42. The molecule has 0 atom stereocenters. The number of anilines is 1. The van der Waals surface area contributed by atoms with Crippen molar-refractivity contribution >= 4 is 35.0 Å². The maximum atomic E-state index is 12.1. The highest BCUT2D eigenvalue weighted by molar-refractivity contribution is 7.99. The van der Waals surface area contributed by atoms with Crippen molar-refractivity contribution in [3.63, 3.8) is 0 Å². The molecule has 0 radical (unpaired) electrons. The van der Waals surface area contributed by atoms with Crippen molar-refractivity contribution in [1.82, 2.24) is 14.8 Å². The molecule has 3 rings (SSSR count). The van der Waals surface area contributed by atoms with Crippen LogP contribution < -0.4 is 10.1 Å². The summed E-state index contributed by atoms with van der Waals surface area (Å²) in [4.78, 5) is 12.1. The van der Waals surface area contributed by atoms with Gasteiger partial charge in [0.1, 0.15) is 12.4 Å². The number of carbonyl (C=O) groups excluding carboxylic acids is 1. The molecule has 1 amide bonds. The van der Waals surface area contributed by atoms with Gasteiger partial charge in [-0.25, -0.2) is 0 Å². The first-order valence-corrected chi connectivity index (χ1v) is 10.0. The monoisotopic (exact) mass is 416 g/mol. The average Bonchev–Trinajstić information content (AvgIpc) is 2.97. The van der Waals surface area contributed by atoms with E-state index in [2.05, 4.69) is 21.6 Å². The lowest BCUT2D eigenvalue weighted by atomic mass is 10.1. The summed E-state index contributed by atoms with van der Waals surface area (Å²) in [6.45, 7) is 4.37. The number of nitrogens with zero attached hydrogens (tertiary/aromatic N) is 3. The van der Waals surface area contributed by atoms with Crippen LogP contribution in [-0.2, 0) is 18.4 Å². The second-order valence-corrected chi connectivity index (χ2v) is 7.80. The molecule has 1 aromatic heterocycles. The van der Waals surface area contributed by atoms with Gasteiger partial charge in [0.2, 0.25) is 5.91 Å². The third-order valence-electron chi connectivity index (χ3n) is 3.93. The fourth-order valence-electron chi connectivity index (χ4n) is 2.65. The van der Waals surface area contributed by atoms with Gasteiger partial charge in [-0.15, -0.1) is 10.2 Å². The Labute approximate surface area is 173 Å². The standard InChI is InChI=1S/C20H21ClN4O2S/c1-13-7-14(2)9-17(8-13)27-11-18-23-24-20(25(18)3)28-12-19(26)22-16-6-4-5-15(21)10-16/h4-10H,11-12H2,1-3H3,(H,22,26). The third-order valence-corrected chi connectivity index (χ3v) is 5.18. The summed E-state index contributed by atoms with van der Waals surface area (Å²) in [7, 11) is 1.86. The molecule has 0 saturated carbocycles. The van der Waals surface area contributed by atoms with E-state index in [1.807, 2.05) is 37.6 Å². The van der Waals surface area contributed by atoms with Gasteiger partial charge in [-0.3, -0.25) is 4.79 Å². The summed E-state index contributed by atoms with van der Waals surface area (Å²) in [6, 6.07) is 13.1. The van der Waals surface area contributed by atoms with Gasteiger partial charge in [0, 0.05) is 17.8 Å². The van der Waals surface area contributed by atoms with Crippen LogP contribution in [0.4, 0.5) is 5.69 Å². The zero-order valence-corrected chi connectivity index (χ0v) is 17.5. The van der Waals surface area contributed by atoms with E-state index < -0.39 is 0 Å². The number of halogens is 1. The summed E-state index contributed by atoms with van der Waals surface area (Å²) in [5, 5.41) is 12.4. The van der Waals surface area contributed by atoms with Gasteiger partial charge in [0.05, 0.1) is 5.75 Å². The Bertz CT molecular complexity index is 970. The van der Waals surface area contributed by atoms with Crippen LogP contribution in [0.1, 0.15) is 17.0 Å². The third kappa shape index (κ3) is 5.50. The fraction of sp³-hybridized carbons (Fsp3) is 0.250. The molecule has 6 nitrogen and oxygen atoms in total. The number of benzene rings is 2. The summed E-state index contributed by atoms with van der Waals surface area (Å²) in [6.07, 6.45) is 0. The first-order chi connectivity index (χ1) is 13.4. The highest BCUT2D eigenvalue weighted by Gasteiger charge is 2.12. The van der Waals surface area contributed by atoms with Crippen LogP contribution >= 0.6 is 23.4 Å². The molecule has 0 aliphatic heterocycles. The predicted molar refractivity (Wildman–Crippen MR) is 112 cm³/mol. The van der Waals surface area contributed by atoms with Crippen LogP contribution in [0.15, 0.2) is 47.6 Å². The topological polar surface area (TPSA) is 69.0 Å². The number of thioether (sulfide) groups is 1. The van der Waals surface area contributed by atoms with Crippen molar-refractivity contribution in [2.75, 3.05) is 11.1 Å². The van der Waals surface area contributed by atoms with Crippen LogP contribution in [-0.4, -0.2) is 26.4 Å². The normalized spacial score (nSPS) is 10.7. The number of aryl methyl sites for hydroxylation is 2. The van der Waals surface area contributed by atoms with Gasteiger partial charge in [0.15, 0.2) is 11.0 Å². The average molecular weight is 417 g/mol. The lowest BCUT2D eigenvalue weighted by Gasteiger charge is -2.08. The second kappa shape index (κ2) is 9.12. The van der Waals surface area contributed by atoms with Crippen LogP contribution in [0, 0.1) is 13.8 Å². The molecule has 0 saturated heterocycles. The number of nitrogens with one attached hydrogen (secondary N) is 1. The number of ether oxygens (including phenoxy) is 1. The summed E-state index contributed by atoms with van der Waals surface area (Å²) >= 11 is 7.24. The van der Waals surface area contributed by atoms with Crippen molar-refractivity contribution < 1.29 is 9.53 Å². The van der Waals surface area contributed by atoms with Crippen LogP contribution in [0.5, 0.6) is 5.75 Å². The Morgan fingerprint density at radius 3 is 2.64 bits per heavy atom. The lowest BCUT2D eigenvalue weighted by molar-refractivity contribution is -0.113. The quantitative estimate of drug-likeness (QED) is 0.578. The van der Waals surface area contributed by atoms with Crippen molar-refractivity contribution in [3.05, 3.63) is 64.4 Å². The summed E-state index contributed by atoms with van der Waals surface area (Å²) in [5.74, 6) is 1.58. The maximum absolute atomic E-state index is 12.1. The zero-order chi connectivity index (χ0) is 20.1. The first-order valence-electron chi connectivity index (χ1n) is 8.68. The maximum Gasteiger partial charge on any atom is 0.234 e. The van der Waals surface area contributed by atoms with Crippen molar-refractivity contribution in [2.24, 2.45) is 7.05 Å².